The molecule has 5 nitrogen and oxygen atoms in total. The second-order valence-corrected chi connectivity index (χ2v) is 4.72. The Morgan fingerprint density at radius 1 is 1.41 bits per heavy atom. The van der Waals surface area contributed by atoms with E-state index in [0.29, 0.717) is 5.88 Å². The van der Waals surface area contributed by atoms with Crippen molar-refractivity contribution in [2.45, 2.75) is 19.8 Å². The fraction of sp³-hybridized carbons (Fsp3) is 0.667. The SMILES string of the molecule is COc1cc(NCC2(C)CCOCC2)ncn1. The van der Waals surface area contributed by atoms with E-state index in [1.54, 1.807) is 7.11 Å². The summed E-state index contributed by atoms with van der Waals surface area (Å²) in [6, 6.07) is 1.81. The minimum Gasteiger partial charge on any atom is -0.481 e. The number of aromatic nitrogens is 2. The first-order valence-corrected chi connectivity index (χ1v) is 5.89. The fourth-order valence-electron chi connectivity index (χ4n) is 1.89. The molecule has 0 aliphatic carbocycles. The van der Waals surface area contributed by atoms with Crippen LogP contribution in [0.3, 0.4) is 0 Å². The van der Waals surface area contributed by atoms with Crippen LogP contribution in [0.1, 0.15) is 19.8 Å². The van der Waals surface area contributed by atoms with Gasteiger partial charge in [0.25, 0.3) is 0 Å². The Morgan fingerprint density at radius 2 is 2.18 bits per heavy atom. The highest BCUT2D eigenvalue weighted by Crippen LogP contribution is 2.29. The molecular formula is C12H19N3O2. The number of hydrogen-bond donors (Lipinski definition) is 1. The first kappa shape index (κ1) is 12.1. The van der Waals surface area contributed by atoms with Crippen molar-refractivity contribution in [1.29, 1.82) is 0 Å². The Bertz CT molecular complexity index is 365. The van der Waals surface area contributed by atoms with Crippen molar-refractivity contribution in [3.05, 3.63) is 12.4 Å². The van der Waals surface area contributed by atoms with Crippen molar-refractivity contribution in [3.63, 3.8) is 0 Å². The zero-order valence-electron chi connectivity index (χ0n) is 10.4. The van der Waals surface area contributed by atoms with Crippen LogP contribution in [0.5, 0.6) is 5.88 Å². The zero-order valence-corrected chi connectivity index (χ0v) is 10.4. The van der Waals surface area contributed by atoms with Crippen LogP contribution < -0.4 is 10.1 Å². The lowest BCUT2D eigenvalue weighted by Gasteiger charge is -2.33. The highest BCUT2D eigenvalue weighted by Gasteiger charge is 2.27. The maximum Gasteiger partial charge on any atom is 0.218 e. The second kappa shape index (κ2) is 5.31. The monoisotopic (exact) mass is 237 g/mol. The Morgan fingerprint density at radius 3 is 2.88 bits per heavy atom. The summed E-state index contributed by atoms with van der Waals surface area (Å²) in [7, 11) is 1.60. The molecular weight excluding hydrogens is 218 g/mol. The summed E-state index contributed by atoms with van der Waals surface area (Å²) >= 11 is 0. The minimum atomic E-state index is 0.288. The molecule has 2 heterocycles. The molecule has 5 heteroatoms. The fourth-order valence-corrected chi connectivity index (χ4v) is 1.89. The van der Waals surface area contributed by atoms with E-state index in [1.165, 1.54) is 6.33 Å². The molecule has 0 radical (unpaired) electrons. The number of ether oxygens (including phenoxy) is 2. The maximum absolute atomic E-state index is 5.38. The predicted octanol–water partition coefficient (Wildman–Crippen LogP) is 1.71. The standard InChI is InChI=1S/C12H19N3O2/c1-12(3-5-17-6-4-12)8-13-10-7-11(16-2)15-9-14-10/h7,9H,3-6,8H2,1-2H3,(H,13,14,15). The van der Waals surface area contributed by atoms with Gasteiger partial charge in [0.2, 0.25) is 5.88 Å². The van der Waals surface area contributed by atoms with Crippen molar-refractivity contribution < 1.29 is 9.47 Å². The molecule has 1 aliphatic heterocycles. The van der Waals surface area contributed by atoms with E-state index in [-0.39, 0.29) is 5.41 Å². The molecule has 0 aromatic carbocycles. The number of methoxy groups -OCH3 is 1. The first-order valence-electron chi connectivity index (χ1n) is 5.89. The third kappa shape index (κ3) is 3.30. The van der Waals surface area contributed by atoms with Gasteiger partial charge in [0, 0.05) is 25.8 Å². The third-order valence-corrected chi connectivity index (χ3v) is 3.25. The van der Waals surface area contributed by atoms with Gasteiger partial charge < -0.3 is 14.8 Å². The van der Waals surface area contributed by atoms with Crippen molar-refractivity contribution >= 4 is 5.82 Å². The highest BCUT2D eigenvalue weighted by molar-refractivity contribution is 5.37. The predicted molar refractivity (Wildman–Crippen MR) is 65.2 cm³/mol. The molecule has 1 aliphatic rings. The van der Waals surface area contributed by atoms with Gasteiger partial charge in [0.1, 0.15) is 12.1 Å². The maximum atomic E-state index is 5.38. The summed E-state index contributed by atoms with van der Waals surface area (Å²) in [6.07, 6.45) is 3.68. The van der Waals surface area contributed by atoms with E-state index in [9.17, 15) is 0 Å². The Hall–Kier alpha value is -1.36. The lowest BCUT2D eigenvalue weighted by Crippen LogP contribution is -2.33. The van der Waals surface area contributed by atoms with E-state index >= 15 is 0 Å². The average molecular weight is 237 g/mol. The van der Waals surface area contributed by atoms with Gasteiger partial charge in [0.15, 0.2) is 0 Å². The molecule has 1 N–H and O–H groups in total. The normalized spacial score (nSPS) is 18.7. The summed E-state index contributed by atoms with van der Waals surface area (Å²) < 4.78 is 10.4. The summed E-state index contributed by atoms with van der Waals surface area (Å²) in [5.41, 5.74) is 0.288. The average Bonchev–Trinajstić information content (AvgIpc) is 2.38. The lowest BCUT2D eigenvalue weighted by atomic mass is 9.82. The molecule has 1 aromatic rings. The molecule has 1 aromatic heterocycles. The molecule has 1 saturated heterocycles. The van der Waals surface area contributed by atoms with E-state index in [0.717, 1.165) is 38.4 Å². The molecule has 0 spiro atoms. The van der Waals surface area contributed by atoms with Crippen LogP contribution in [-0.2, 0) is 4.74 Å². The van der Waals surface area contributed by atoms with E-state index in [2.05, 4.69) is 22.2 Å². The number of hydrogen-bond acceptors (Lipinski definition) is 5. The largest absolute Gasteiger partial charge is 0.481 e. The lowest BCUT2D eigenvalue weighted by molar-refractivity contribution is 0.0299. The summed E-state index contributed by atoms with van der Waals surface area (Å²) in [5, 5.41) is 3.34. The summed E-state index contributed by atoms with van der Waals surface area (Å²) in [6.45, 7) is 4.88. The molecule has 0 amide bonds. The molecule has 1 fully saturated rings. The van der Waals surface area contributed by atoms with Gasteiger partial charge in [-0.25, -0.2) is 9.97 Å². The van der Waals surface area contributed by atoms with Gasteiger partial charge in [-0.05, 0) is 18.3 Å². The number of rotatable bonds is 4. The molecule has 17 heavy (non-hydrogen) atoms. The van der Waals surface area contributed by atoms with Gasteiger partial charge in [-0.15, -0.1) is 0 Å². The Balaban J connectivity index is 1.92. The minimum absolute atomic E-state index is 0.288. The quantitative estimate of drug-likeness (QED) is 0.864. The van der Waals surface area contributed by atoms with Crippen LogP contribution in [0, 0.1) is 5.41 Å². The molecule has 0 bridgehead atoms. The van der Waals surface area contributed by atoms with Gasteiger partial charge in [-0.3, -0.25) is 0 Å². The van der Waals surface area contributed by atoms with Crippen LogP contribution in [0.4, 0.5) is 5.82 Å². The topological polar surface area (TPSA) is 56.3 Å². The van der Waals surface area contributed by atoms with Crippen molar-refractivity contribution in [3.8, 4) is 5.88 Å². The number of nitrogens with one attached hydrogen (secondary N) is 1. The molecule has 0 unspecified atom stereocenters. The second-order valence-electron chi connectivity index (χ2n) is 4.72. The Kier molecular flexibility index (Phi) is 3.78. The Labute approximate surface area is 102 Å². The highest BCUT2D eigenvalue weighted by atomic mass is 16.5. The van der Waals surface area contributed by atoms with Gasteiger partial charge >= 0.3 is 0 Å². The molecule has 2 rings (SSSR count). The van der Waals surface area contributed by atoms with Crippen molar-refractivity contribution in [2.24, 2.45) is 5.41 Å². The van der Waals surface area contributed by atoms with Crippen LogP contribution in [0.15, 0.2) is 12.4 Å². The van der Waals surface area contributed by atoms with Gasteiger partial charge in [-0.2, -0.15) is 0 Å². The van der Waals surface area contributed by atoms with Crippen LogP contribution in [-0.4, -0.2) is 36.8 Å². The summed E-state index contributed by atoms with van der Waals surface area (Å²) in [5.74, 6) is 1.39. The number of anilines is 1. The van der Waals surface area contributed by atoms with Gasteiger partial charge in [-0.1, -0.05) is 6.92 Å². The van der Waals surface area contributed by atoms with Gasteiger partial charge in [0.05, 0.1) is 7.11 Å². The molecule has 94 valence electrons. The zero-order chi connectivity index (χ0) is 12.1. The van der Waals surface area contributed by atoms with E-state index in [4.69, 9.17) is 9.47 Å². The van der Waals surface area contributed by atoms with E-state index in [1.807, 2.05) is 6.07 Å². The summed E-state index contributed by atoms with van der Waals surface area (Å²) in [4.78, 5) is 8.15. The molecule has 0 saturated carbocycles. The van der Waals surface area contributed by atoms with E-state index < -0.39 is 0 Å². The smallest absolute Gasteiger partial charge is 0.218 e. The number of nitrogens with zero attached hydrogens (tertiary/aromatic N) is 2. The van der Waals surface area contributed by atoms with Crippen molar-refractivity contribution in [1.82, 2.24) is 9.97 Å². The van der Waals surface area contributed by atoms with Crippen LogP contribution in [0.2, 0.25) is 0 Å². The van der Waals surface area contributed by atoms with Crippen LogP contribution in [0.25, 0.3) is 0 Å². The molecule has 0 atom stereocenters. The van der Waals surface area contributed by atoms with Crippen LogP contribution >= 0.6 is 0 Å². The first-order chi connectivity index (χ1) is 8.22. The van der Waals surface area contributed by atoms with Crippen molar-refractivity contribution in [2.75, 3.05) is 32.2 Å². The third-order valence-electron chi connectivity index (χ3n) is 3.25.